The van der Waals surface area contributed by atoms with Gasteiger partial charge in [-0.25, -0.2) is 0 Å². The van der Waals surface area contributed by atoms with E-state index in [2.05, 4.69) is 0 Å². The largest absolute Gasteiger partial charge is 0.462 e. The first-order valence-electron chi connectivity index (χ1n) is 5.50. The van der Waals surface area contributed by atoms with Crippen molar-refractivity contribution in [3.8, 4) is 5.75 Å². The van der Waals surface area contributed by atoms with Gasteiger partial charge in [0.25, 0.3) is 5.69 Å². The highest BCUT2D eigenvalue weighted by molar-refractivity contribution is 5.36. The van der Waals surface area contributed by atoms with Crippen LogP contribution in [-0.4, -0.2) is 51.5 Å². The molecule has 2 rings (SSSR count). The van der Waals surface area contributed by atoms with Crippen LogP contribution in [-0.2, 0) is 4.74 Å². The van der Waals surface area contributed by atoms with Crippen LogP contribution >= 0.6 is 0 Å². The van der Waals surface area contributed by atoms with E-state index in [0.717, 1.165) is 0 Å². The van der Waals surface area contributed by atoms with Crippen molar-refractivity contribution in [1.82, 2.24) is 0 Å². The number of nitrogens with zero attached hydrogens (tertiary/aromatic N) is 1. The third-order valence-electron chi connectivity index (χ3n) is 2.88. The Morgan fingerprint density at radius 3 is 2.58 bits per heavy atom. The van der Waals surface area contributed by atoms with Crippen molar-refractivity contribution >= 4 is 5.69 Å². The molecular weight excluding hydrogens is 258 g/mol. The minimum absolute atomic E-state index is 0.0906. The fourth-order valence-corrected chi connectivity index (χ4v) is 1.67. The second kappa shape index (κ2) is 5.10. The molecule has 8 heteroatoms. The van der Waals surface area contributed by atoms with Crippen molar-refractivity contribution in [1.29, 1.82) is 0 Å². The van der Waals surface area contributed by atoms with Crippen LogP contribution in [0.5, 0.6) is 5.75 Å². The molecule has 0 radical (unpaired) electrons. The normalized spacial score (nSPS) is 30.3. The first-order valence-corrected chi connectivity index (χ1v) is 5.50. The highest BCUT2D eigenvalue weighted by atomic mass is 16.7. The fourth-order valence-electron chi connectivity index (χ4n) is 1.67. The number of aliphatic hydroxyl groups excluding tert-OH is 2. The average molecular weight is 271 g/mol. The molecular formula is C11H13NO7. The van der Waals surface area contributed by atoms with Crippen LogP contribution in [0.15, 0.2) is 24.3 Å². The Morgan fingerprint density at radius 2 is 2.11 bits per heavy atom. The Bertz CT molecular complexity index is 463. The lowest BCUT2D eigenvalue weighted by molar-refractivity contribution is -0.384. The van der Waals surface area contributed by atoms with Gasteiger partial charge >= 0.3 is 0 Å². The summed E-state index contributed by atoms with van der Waals surface area (Å²) in [5.74, 6) is 0.247. The summed E-state index contributed by atoms with van der Waals surface area (Å²) in [4.78, 5) is 9.93. The number of nitro benzene ring substituents is 1. The monoisotopic (exact) mass is 271 g/mol. The number of hydrogen-bond donors (Lipinski definition) is 3. The number of nitro groups is 1. The molecule has 0 spiro atoms. The molecule has 0 aliphatic carbocycles. The molecule has 104 valence electrons. The Morgan fingerprint density at radius 1 is 1.47 bits per heavy atom. The minimum Gasteiger partial charge on any atom is -0.462 e. The molecule has 0 saturated carbocycles. The molecule has 1 saturated heterocycles. The van der Waals surface area contributed by atoms with Gasteiger partial charge in [0.15, 0.2) is 0 Å². The summed E-state index contributed by atoms with van der Waals surface area (Å²) in [7, 11) is 0. The van der Waals surface area contributed by atoms with E-state index in [1.807, 2.05) is 0 Å². The van der Waals surface area contributed by atoms with E-state index >= 15 is 0 Å². The van der Waals surface area contributed by atoms with Crippen molar-refractivity contribution in [3.63, 3.8) is 0 Å². The Balaban J connectivity index is 2.04. The van der Waals surface area contributed by atoms with Crippen LogP contribution < -0.4 is 4.74 Å². The average Bonchev–Trinajstić information content (AvgIpc) is 2.69. The topological polar surface area (TPSA) is 122 Å². The van der Waals surface area contributed by atoms with Crippen molar-refractivity contribution in [2.24, 2.45) is 0 Å². The van der Waals surface area contributed by atoms with Gasteiger partial charge in [0.05, 0.1) is 18.1 Å². The first-order chi connectivity index (χ1) is 8.96. The van der Waals surface area contributed by atoms with Crippen LogP contribution in [0, 0.1) is 10.1 Å². The molecule has 1 aromatic carbocycles. The Labute approximate surface area is 108 Å². The Kier molecular flexibility index (Phi) is 3.67. The lowest BCUT2D eigenvalue weighted by atomic mass is 10.0. The summed E-state index contributed by atoms with van der Waals surface area (Å²) in [5, 5.41) is 38.9. The standard InChI is InChI=1S/C11H13NO7/c13-5-11(15)6-18-10(9(11)14)19-8-3-1-7(2-4-8)12(16)17/h1-4,9-10,13-15H,5-6H2/t9-,10-,11?/m0/s1. The summed E-state index contributed by atoms with van der Waals surface area (Å²) < 4.78 is 10.3. The maximum atomic E-state index is 10.5. The molecule has 0 amide bonds. The number of ether oxygens (including phenoxy) is 2. The molecule has 0 aromatic heterocycles. The van der Waals surface area contributed by atoms with Gasteiger partial charge in [-0.3, -0.25) is 10.1 Å². The fraction of sp³-hybridized carbons (Fsp3) is 0.455. The maximum absolute atomic E-state index is 10.5. The van der Waals surface area contributed by atoms with Crippen molar-refractivity contribution in [2.45, 2.75) is 18.0 Å². The third-order valence-corrected chi connectivity index (χ3v) is 2.88. The zero-order valence-electron chi connectivity index (χ0n) is 9.80. The number of aliphatic hydroxyl groups is 3. The molecule has 0 bridgehead atoms. The summed E-state index contributed by atoms with van der Waals surface area (Å²) >= 11 is 0. The smallest absolute Gasteiger partial charge is 0.269 e. The van der Waals surface area contributed by atoms with Crippen LogP contribution in [0.1, 0.15) is 0 Å². The van der Waals surface area contributed by atoms with Gasteiger partial charge in [-0.1, -0.05) is 0 Å². The molecule has 1 aliphatic heterocycles. The highest BCUT2D eigenvalue weighted by Gasteiger charge is 2.49. The second-order valence-corrected chi connectivity index (χ2v) is 4.25. The summed E-state index contributed by atoms with van der Waals surface area (Å²) in [6.07, 6.45) is -2.55. The van der Waals surface area contributed by atoms with E-state index in [0.29, 0.717) is 0 Å². The molecule has 3 N–H and O–H groups in total. The van der Waals surface area contributed by atoms with Gasteiger partial charge < -0.3 is 24.8 Å². The molecule has 1 unspecified atom stereocenters. The highest BCUT2D eigenvalue weighted by Crippen LogP contribution is 2.27. The number of benzene rings is 1. The van der Waals surface area contributed by atoms with Gasteiger partial charge in [-0.2, -0.15) is 0 Å². The quantitative estimate of drug-likeness (QED) is 0.494. The van der Waals surface area contributed by atoms with Crippen molar-refractivity contribution in [3.05, 3.63) is 34.4 Å². The van der Waals surface area contributed by atoms with Crippen LogP contribution in [0.25, 0.3) is 0 Å². The van der Waals surface area contributed by atoms with Crippen molar-refractivity contribution in [2.75, 3.05) is 13.2 Å². The van der Waals surface area contributed by atoms with Crippen LogP contribution in [0.4, 0.5) is 5.69 Å². The molecule has 3 atom stereocenters. The van der Waals surface area contributed by atoms with E-state index in [4.69, 9.17) is 14.6 Å². The second-order valence-electron chi connectivity index (χ2n) is 4.25. The van der Waals surface area contributed by atoms with Gasteiger partial charge in [-0.15, -0.1) is 0 Å². The third kappa shape index (κ3) is 2.66. The van der Waals surface area contributed by atoms with E-state index in [-0.39, 0.29) is 18.0 Å². The molecule has 1 aromatic rings. The SMILES string of the molecule is O=[N+]([O-])c1ccc(O[C@@H]2OCC(O)(CO)[C@H]2O)cc1. The van der Waals surface area contributed by atoms with E-state index in [1.54, 1.807) is 0 Å². The number of non-ortho nitro benzene ring substituents is 1. The maximum Gasteiger partial charge on any atom is 0.269 e. The summed E-state index contributed by atoms with van der Waals surface area (Å²) in [5.41, 5.74) is -1.85. The zero-order valence-corrected chi connectivity index (χ0v) is 9.80. The van der Waals surface area contributed by atoms with Gasteiger partial charge in [0, 0.05) is 12.1 Å². The lowest BCUT2D eigenvalue weighted by Gasteiger charge is -2.23. The summed E-state index contributed by atoms with van der Waals surface area (Å²) in [6.45, 7) is -0.920. The van der Waals surface area contributed by atoms with Gasteiger partial charge in [-0.05, 0) is 12.1 Å². The minimum atomic E-state index is -1.76. The van der Waals surface area contributed by atoms with Crippen LogP contribution in [0.3, 0.4) is 0 Å². The van der Waals surface area contributed by atoms with Crippen LogP contribution in [0.2, 0.25) is 0 Å². The van der Waals surface area contributed by atoms with Gasteiger partial charge in [0.2, 0.25) is 6.29 Å². The molecule has 1 aliphatic rings. The molecule has 19 heavy (non-hydrogen) atoms. The molecule has 1 heterocycles. The lowest BCUT2D eigenvalue weighted by Crippen LogP contribution is -2.48. The molecule has 1 fully saturated rings. The first kappa shape index (κ1) is 13.7. The number of hydrogen-bond acceptors (Lipinski definition) is 7. The zero-order chi connectivity index (χ0) is 14.0. The Hall–Kier alpha value is -1.74. The predicted molar refractivity (Wildman–Crippen MR) is 61.5 cm³/mol. The number of rotatable bonds is 4. The van der Waals surface area contributed by atoms with E-state index in [9.17, 15) is 20.3 Å². The summed E-state index contributed by atoms with van der Waals surface area (Å²) in [6, 6.07) is 5.19. The predicted octanol–water partition coefficient (Wildman–Crippen LogP) is -0.586. The van der Waals surface area contributed by atoms with E-state index < -0.39 is 29.5 Å². The molecule has 8 nitrogen and oxygen atoms in total. The van der Waals surface area contributed by atoms with Gasteiger partial charge in [0.1, 0.15) is 17.5 Å². The van der Waals surface area contributed by atoms with E-state index in [1.165, 1.54) is 24.3 Å². The van der Waals surface area contributed by atoms with Crippen molar-refractivity contribution < 1.29 is 29.7 Å².